The van der Waals surface area contributed by atoms with E-state index in [2.05, 4.69) is 25.9 Å². The van der Waals surface area contributed by atoms with Gasteiger partial charge >= 0.3 is 6.09 Å². The highest BCUT2D eigenvalue weighted by Gasteiger charge is 2.27. The molecule has 0 spiro atoms. The SMILES string of the molecule is CC(=O)O.COc1cc(NC(=O)C(CCCN=C(N)N)NC(=O)C(CCCN=C(N)N)NC(=O)OCc2ccccc2)cc2ccccc12. The minimum Gasteiger partial charge on any atom is -0.496 e. The Morgan fingerprint density at radius 1 is 0.796 bits per heavy atom. The van der Waals surface area contributed by atoms with Crippen LogP contribution in [0.15, 0.2) is 76.7 Å². The fraction of sp³-hybridized carbons (Fsp3) is 0.333. The summed E-state index contributed by atoms with van der Waals surface area (Å²) in [4.78, 5) is 56.6. The van der Waals surface area contributed by atoms with E-state index in [0.29, 0.717) is 24.3 Å². The Balaban J connectivity index is 0.00000197. The number of hydrogen-bond acceptors (Lipinski definition) is 8. The first-order chi connectivity index (χ1) is 23.4. The summed E-state index contributed by atoms with van der Waals surface area (Å²) in [6.07, 6.45) is 0.343. The number of carbonyl (C=O) groups excluding carboxylic acids is 3. The van der Waals surface area contributed by atoms with Crippen molar-refractivity contribution in [3.8, 4) is 5.75 Å². The summed E-state index contributed by atoms with van der Waals surface area (Å²) in [6, 6.07) is 18.2. The highest BCUT2D eigenvalue weighted by atomic mass is 16.5. The van der Waals surface area contributed by atoms with Crippen molar-refractivity contribution in [2.24, 2.45) is 32.9 Å². The molecule has 0 saturated carbocycles. The van der Waals surface area contributed by atoms with Crippen molar-refractivity contribution >= 4 is 52.3 Å². The monoisotopic (exact) mass is 679 g/mol. The predicted octanol–water partition coefficient (Wildman–Crippen LogP) is 1.76. The van der Waals surface area contributed by atoms with Crippen molar-refractivity contribution in [2.75, 3.05) is 25.5 Å². The zero-order valence-corrected chi connectivity index (χ0v) is 27.6. The largest absolute Gasteiger partial charge is 0.496 e. The molecule has 3 rings (SSSR count). The minimum atomic E-state index is -1.05. The number of alkyl carbamates (subject to hydrolysis) is 1. The quantitative estimate of drug-likeness (QED) is 0.0614. The molecule has 264 valence electrons. The Bertz CT molecular complexity index is 1590. The Kier molecular flexibility index (Phi) is 16.7. The van der Waals surface area contributed by atoms with Crippen LogP contribution in [0.25, 0.3) is 10.8 Å². The number of guanidine groups is 2. The zero-order valence-electron chi connectivity index (χ0n) is 27.6. The van der Waals surface area contributed by atoms with Gasteiger partial charge in [-0.25, -0.2) is 4.79 Å². The lowest BCUT2D eigenvalue weighted by Gasteiger charge is -2.23. The lowest BCUT2D eigenvalue weighted by molar-refractivity contribution is -0.134. The minimum absolute atomic E-state index is 0.0139. The van der Waals surface area contributed by atoms with E-state index in [1.54, 1.807) is 13.2 Å². The number of anilines is 1. The number of rotatable bonds is 16. The average molecular weight is 680 g/mol. The number of carbonyl (C=O) groups is 4. The molecule has 49 heavy (non-hydrogen) atoms. The number of nitrogens with one attached hydrogen (secondary N) is 3. The first-order valence-electron chi connectivity index (χ1n) is 15.3. The fourth-order valence-corrected chi connectivity index (χ4v) is 4.47. The van der Waals surface area contributed by atoms with E-state index in [0.717, 1.165) is 23.3 Å². The molecule has 2 unspecified atom stereocenters. The normalized spacial score (nSPS) is 11.4. The molecule has 0 aliphatic carbocycles. The summed E-state index contributed by atoms with van der Waals surface area (Å²) in [5.74, 6) is -1.49. The van der Waals surface area contributed by atoms with Crippen molar-refractivity contribution in [2.45, 2.75) is 51.3 Å². The first-order valence-corrected chi connectivity index (χ1v) is 15.3. The molecule has 2 atom stereocenters. The van der Waals surface area contributed by atoms with E-state index in [1.165, 1.54) is 0 Å². The third kappa shape index (κ3) is 15.4. The number of carboxylic acid groups (broad SMARTS) is 1. The van der Waals surface area contributed by atoms with Gasteiger partial charge in [0, 0.05) is 37.2 Å². The molecule has 0 aliphatic rings. The summed E-state index contributed by atoms with van der Waals surface area (Å²) in [7, 11) is 1.55. The molecular formula is C33H45N9O7. The van der Waals surface area contributed by atoms with Crippen molar-refractivity contribution in [1.82, 2.24) is 10.6 Å². The number of aliphatic imine (C=N–C) groups is 2. The number of fused-ring (bicyclic) bond motifs is 1. The molecule has 0 bridgehead atoms. The number of benzene rings is 3. The summed E-state index contributed by atoms with van der Waals surface area (Å²) in [6.45, 7) is 1.58. The average Bonchev–Trinajstić information content (AvgIpc) is 3.06. The Morgan fingerprint density at radius 2 is 1.35 bits per heavy atom. The van der Waals surface area contributed by atoms with E-state index in [-0.39, 0.29) is 44.5 Å². The predicted molar refractivity (Wildman–Crippen MR) is 188 cm³/mol. The lowest BCUT2D eigenvalue weighted by Crippen LogP contribution is -2.52. The number of ether oxygens (including phenoxy) is 2. The van der Waals surface area contributed by atoms with E-state index >= 15 is 0 Å². The van der Waals surface area contributed by atoms with Gasteiger partial charge in [0.05, 0.1) is 7.11 Å². The number of aliphatic carboxylic acids is 1. The van der Waals surface area contributed by atoms with Gasteiger partial charge in [0.15, 0.2) is 11.9 Å². The second-order valence-electron chi connectivity index (χ2n) is 10.6. The molecule has 3 aromatic rings. The molecule has 0 aliphatic heterocycles. The van der Waals surface area contributed by atoms with E-state index < -0.39 is 36.0 Å². The molecule has 16 heteroatoms. The highest BCUT2D eigenvalue weighted by Crippen LogP contribution is 2.30. The van der Waals surface area contributed by atoms with Crippen LogP contribution >= 0.6 is 0 Å². The Hall–Kier alpha value is -6.06. The van der Waals surface area contributed by atoms with Crippen LogP contribution in [0.3, 0.4) is 0 Å². The van der Waals surface area contributed by atoms with Gasteiger partial charge in [0.25, 0.3) is 5.97 Å². The van der Waals surface area contributed by atoms with Gasteiger partial charge in [-0.1, -0.05) is 54.6 Å². The third-order valence-electron chi connectivity index (χ3n) is 6.66. The summed E-state index contributed by atoms with van der Waals surface area (Å²) < 4.78 is 10.8. The van der Waals surface area contributed by atoms with Crippen molar-refractivity contribution in [3.05, 3.63) is 72.3 Å². The maximum absolute atomic E-state index is 13.5. The molecule has 0 aromatic heterocycles. The van der Waals surface area contributed by atoms with E-state index in [9.17, 15) is 14.4 Å². The van der Waals surface area contributed by atoms with Gasteiger partial charge in [-0.15, -0.1) is 0 Å². The second-order valence-corrected chi connectivity index (χ2v) is 10.6. The van der Waals surface area contributed by atoms with Crippen molar-refractivity contribution < 1.29 is 33.8 Å². The van der Waals surface area contributed by atoms with Crippen LogP contribution in [0.1, 0.15) is 38.2 Å². The lowest BCUT2D eigenvalue weighted by atomic mass is 10.1. The van der Waals surface area contributed by atoms with E-state index in [1.807, 2.05) is 60.7 Å². The number of nitrogens with zero attached hydrogens (tertiary/aromatic N) is 2. The maximum Gasteiger partial charge on any atom is 0.408 e. The van der Waals surface area contributed by atoms with Crippen LogP contribution < -0.4 is 43.6 Å². The number of carboxylic acids is 1. The summed E-state index contributed by atoms with van der Waals surface area (Å²) in [5, 5.41) is 17.4. The van der Waals surface area contributed by atoms with Crippen molar-refractivity contribution in [1.29, 1.82) is 0 Å². The van der Waals surface area contributed by atoms with Gasteiger partial charge in [0.1, 0.15) is 24.4 Å². The number of nitrogens with two attached hydrogens (primary N) is 4. The van der Waals surface area contributed by atoms with Gasteiger partial charge in [0.2, 0.25) is 11.8 Å². The van der Waals surface area contributed by atoms with Gasteiger partial charge < -0.3 is 53.5 Å². The maximum atomic E-state index is 13.5. The number of amides is 3. The van der Waals surface area contributed by atoms with Crippen LogP contribution in [-0.4, -0.2) is 73.2 Å². The fourth-order valence-electron chi connectivity index (χ4n) is 4.47. The van der Waals surface area contributed by atoms with Crippen LogP contribution in [-0.2, 0) is 25.7 Å². The molecule has 3 aromatic carbocycles. The Labute approximate surface area is 284 Å². The summed E-state index contributed by atoms with van der Waals surface area (Å²) in [5.41, 5.74) is 23.0. The van der Waals surface area contributed by atoms with Gasteiger partial charge in [-0.3, -0.25) is 24.4 Å². The molecular weight excluding hydrogens is 634 g/mol. The molecule has 0 saturated heterocycles. The molecule has 12 N–H and O–H groups in total. The van der Waals surface area contributed by atoms with Crippen LogP contribution in [0.5, 0.6) is 5.75 Å². The van der Waals surface area contributed by atoms with Crippen LogP contribution in [0, 0.1) is 0 Å². The highest BCUT2D eigenvalue weighted by molar-refractivity contribution is 6.01. The third-order valence-corrected chi connectivity index (χ3v) is 6.66. The van der Waals surface area contributed by atoms with Crippen molar-refractivity contribution in [3.63, 3.8) is 0 Å². The molecule has 0 heterocycles. The van der Waals surface area contributed by atoms with Gasteiger partial charge in [-0.2, -0.15) is 0 Å². The summed E-state index contributed by atoms with van der Waals surface area (Å²) >= 11 is 0. The number of hydrogen-bond donors (Lipinski definition) is 8. The zero-order chi connectivity index (χ0) is 36.2. The number of methoxy groups -OCH3 is 1. The Morgan fingerprint density at radius 3 is 1.92 bits per heavy atom. The van der Waals surface area contributed by atoms with E-state index in [4.69, 9.17) is 42.3 Å². The molecule has 3 amide bonds. The topological polar surface area (TPSA) is 272 Å². The second kappa shape index (κ2) is 20.9. The van der Waals surface area contributed by atoms with Crippen LogP contribution in [0.2, 0.25) is 0 Å². The smallest absolute Gasteiger partial charge is 0.408 e. The standard InChI is InChI=1S/C31H41N9O5.C2H4O2/c1-44-26-18-22(17-21-11-5-6-12-23(21)26)38-27(41)24(13-7-15-36-29(32)33)39-28(42)25(14-8-16-37-30(34)35)40-31(43)45-19-20-9-3-2-4-10-20;1-2(3)4/h2-6,9-12,17-18,24-25H,7-8,13-16,19H2,1H3,(H,38,41)(H,39,42)(H,40,43)(H4,32,33,36)(H4,34,35,37);1H3,(H,3,4). The molecule has 16 nitrogen and oxygen atoms in total. The van der Waals surface area contributed by atoms with Crippen LogP contribution in [0.4, 0.5) is 10.5 Å². The van der Waals surface area contributed by atoms with Gasteiger partial charge in [-0.05, 0) is 42.7 Å². The molecule has 0 radical (unpaired) electrons. The first kappa shape index (κ1) is 39.1. The molecule has 0 fully saturated rings.